The zero-order valence-electron chi connectivity index (χ0n) is 11.4. The summed E-state index contributed by atoms with van der Waals surface area (Å²) < 4.78 is 33.3. The highest BCUT2D eigenvalue weighted by Crippen LogP contribution is 2.34. The van der Waals surface area contributed by atoms with E-state index in [0.717, 1.165) is 12.1 Å². The van der Waals surface area contributed by atoms with Gasteiger partial charge in [-0.3, -0.25) is 0 Å². The van der Waals surface area contributed by atoms with Crippen LogP contribution < -0.4 is 10.1 Å². The summed E-state index contributed by atoms with van der Waals surface area (Å²) in [6.07, 6.45) is 0. The predicted octanol–water partition coefficient (Wildman–Crippen LogP) is 4.59. The third-order valence-corrected chi connectivity index (χ3v) is 3.71. The molecule has 2 aromatic rings. The van der Waals surface area contributed by atoms with E-state index in [2.05, 4.69) is 5.32 Å². The van der Waals surface area contributed by atoms with Gasteiger partial charge in [0.05, 0.1) is 13.2 Å². The predicted molar refractivity (Wildman–Crippen MR) is 80.3 cm³/mol. The van der Waals surface area contributed by atoms with Crippen LogP contribution in [0, 0.1) is 11.6 Å². The third kappa shape index (κ3) is 3.28. The minimum Gasteiger partial charge on any atom is -0.497 e. The molecule has 0 saturated carbocycles. The molecule has 0 aromatic heterocycles. The van der Waals surface area contributed by atoms with Crippen LogP contribution in [0.1, 0.15) is 17.2 Å². The Kier molecular flexibility index (Phi) is 5.04. The molecule has 21 heavy (non-hydrogen) atoms. The molecule has 1 N–H and O–H groups in total. The largest absolute Gasteiger partial charge is 0.497 e. The van der Waals surface area contributed by atoms with Crippen molar-refractivity contribution in [1.29, 1.82) is 0 Å². The lowest BCUT2D eigenvalue weighted by molar-refractivity contribution is 0.403. The average molecular weight is 332 g/mol. The van der Waals surface area contributed by atoms with Gasteiger partial charge in [0.2, 0.25) is 0 Å². The molecule has 0 aliphatic rings. The van der Waals surface area contributed by atoms with Gasteiger partial charge in [-0.05, 0) is 30.8 Å². The fourth-order valence-corrected chi connectivity index (χ4v) is 2.55. The van der Waals surface area contributed by atoms with Crippen molar-refractivity contribution in [1.82, 2.24) is 5.32 Å². The maximum absolute atomic E-state index is 14.2. The summed E-state index contributed by atoms with van der Waals surface area (Å²) in [5.41, 5.74) is 0.358. The first-order chi connectivity index (χ1) is 9.97. The number of rotatable bonds is 4. The van der Waals surface area contributed by atoms with Crippen molar-refractivity contribution in [3.8, 4) is 5.75 Å². The SMILES string of the molecule is CNC(c1cc(Cl)ccc1Cl)c1c(F)cc(OC)cc1F. The quantitative estimate of drug-likeness (QED) is 0.884. The van der Waals surface area contributed by atoms with Crippen LogP contribution >= 0.6 is 23.2 Å². The van der Waals surface area contributed by atoms with Crippen molar-refractivity contribution in [2.45, 2.75) is 6.04 Å². The molecule has 2 aromatic carbocycles. The summed E-state index contributed by atoms with van der Waals surface area (Å²) in [4.78, 5) is 0. The second-order valence-corrected chi connectivity index (χ2v) is 5.24. The standard InChI is InChI=1S/C15H13Cl2F2NO/c1-20-15(10-5-8(16)3-4-11(10)17)14-12(18)6-9(21-2)7-13(14)19/h3-7,15,20H,1-2H3. The Morgan fingerprint density at radius 3 is 2.24 bits per heavy atom. The summed E-state index contributed by atoms with van der Waals surface area (Å²) in [5, 5.41) is 3.66. The van der Waals surface area contributed by atoms with Crippen LogP contribution in [0.3, 0.4) is 0 Å². The first kappa shape index (κ1) is 16.0. The lowest BCUT2D eigenvalue weighted by atomic mass is 9.97. The molecule has 0 aliphatic heterocycles. The summed E-state index contributed by atoms with van der Waals surface area (Å²) in [5.74, 6) is -1.33. The number of hydrogen-bond acceptors (Lipinski definition) is 2. The third-order valence-electron chi connectivity index (χ3n) is 3.13. The normalized spacial score (nSPS) is 12.3. The summed E-state index contributed by atoms with van der Waals surface area (Å²) in [7, 11) is 2.93. The molecular formula is C15H13Cl2F2NO. The van der Waals surface area contributed by atoms with Gasteiger partial charge in [0.1, 0.15) is 17.4 Å². The number of ether oxygens (including phenoxy) is 1. The highest BCUT2D eigenvalue weighted by Gasteiger charge is 2.24. The minimum atomic E-state index is -0.762. The second kappa shape index (κ2) is 6.60. The summed E-state index contributed by atoms with van der Waals surface area (Å²) >= 11 is 12.1. The molecular weight excluding hydrogens is 319 g/mol. The Balaban J connectivity index is 2.59. The zero-order valence-corrected chi connectivity index (χ0v) is 12.9. The molecule has 0 radical (unpaired) electrons. The van der Waals surface area contributed by atoms with Crippen LogP contribution in [0.25, 0.3) is 0 Å². The van der Waals surface area contributed by atoms with E-state index in [9.17, 15) is 8.78 Å². The van der Waals surface area contributed by atoms with E-state index in [1.807, 2.05) is 0 Å². The van der Waals surface area contributed by atoms with Gasteiger partial charge in [-0.15, -0.1) is 0 Å². The van der Waals surface area contributed by atoms with Crippen molar-refractivity contribution >= 4 is 23.2 Å². The van der Waals surface area contributed by atoms with Gasteiger partial charge in [-0.25, -0.2) is 8.78 Å². The molecule has 2 rings (SSSR count). The Morgan fingerprint density at radius 1 is 1.10 bits per heavy atom. The molecule has 2 nitrogen and oxygen atoms in total. The Labute approximate surface area is 131 Å². The number of halogens is 4. The van der Waals surface area contributed by atoms with Gasteiger partial charge >= 0.3 is 0 Å². The van der Waals surface area contributed by atoms with Crippen molar-refractivity contribution < 1.29 is 13.5 Å². The summed E-state index contributed by atoms with van der Waals surface area (Å²) in [6.45, 7) is 0. The highest BCUT2D eigenvalue weighted by atomic mass is 35.5. The van der Waals surface area contributed by atoms with Crippen molar-refractivity contribution in [3.63, 3.8) is 0 Å². The first-order valence-corrected chi connectivity index (χ1v) is 6.88. The highest BCUT2D eigenvalue weighted by molar-refractivity contribution is 6.33. The number of hydrogen-bond donors (Lipinski definition) is 1. The molecule has 0 bridgehead atoms. The van der Waals surface area contributed by atoms with E-state index in [1.54, 1.807) is 25.2 Å². The molecule has 6 heteroatoms. The topological polar surface area (TPSA) is 21.3 Å². The van der Waals surface area contributed by atoms with E-state index in [0.29, 0.717) is 15.6 Å². The van der Waals surface area contributed by atoms with Gasteiger partial charge < -0.3 is 10.1 Å². The molecule has 0 amide bonds. The smallest absolute Gasteiger partial charge is 0.134 e. The van der Waals surface area contributed by atoms with Crippen LogP contribution in [0.5, 0.6) is 5.75 Å². The Bertz CT molecular complexity index is 641. The van der Waals surface area contributed by atoms with Crippen molar-refractivity contribution in [3.05, 3.63) is 63.1 Å². The average Bonchev–Trinajstić information content (AvgIpc) is 2.45. The first-order valence-electron chi connectivity index (χ1n) is 6.13. The number of nitrogens with one attached hydrogen (secondary N) is 1. The lowest BCUT2D eigenvalue weighted by Gasteiger charge is -2.20. The molecule has 1 atom stereocenters. The van der Waals surface area contributed by atoms with E-state index in [-0.39, 0.29) is 11.3 Å². The number of benzene rings is 2. The fourth-order valence-electron chi connectivity index (χ4n) is 2.15. The molecule has 0 fully saturated rings. The van der Waals surface area contributed by atoms with E-state index < -0.39 is 17.7 Å². The fraction of sp³-hybridized carbons (Fsp3) is 0.200. The van der Waals surface area contributed by atoms with E-state index in [4.69, 9.17) is 27.9 Å². The van der Waals surface area contributed by atoms with Gasteiger partial charge in [0, 0.05) is 27.7 Å². The van der Waals surface area contributed by atoms with Crippen LogP contribution in [0.4, 0.5) is 8.78 Å². The summed E-state index contributed by atoms with van der Waals surface area (Å²) in [6, 6.07) is 6.27. The number of methoxy groups -OCH3 is 1. The maximum Gasteiger partial charge on any atom is 0.134 e. The van der Waals surface area contributed by atoms with Crippen LogP contribution in [-0.4, -0.2) is 14.2 Å². The van der Waals surface area contributed by atoms with Crippen LogP contribution in [-0.2, 0) is 0 Å². The maximum atomic E-state index is 14.2. The van der Waals surface area contributed by atoms with Gasteiger partial charge in [-0.2, -0.15) is 0 Å². The lowest BCUT2D eigenvalue weighted by Crippen LogP contribution is -2.21. The molecule has 0 heterocycles. The molecule has 112 valence electrons. The van der Waals surface area contributed by atoms with Gasteiger partial charge in [0.25, 0.3) is 0 Å². The van der Waals surface area contributed by atoms with E-state index >= 15 is 0 Å². The zero-order chi connectivity index (χ0) is 15.6. The Morgan fingerprint density at radius 2 is 1.71 bits per heavy atom. The van der Waals surface area contributed by atoms with Crippen LogP contribution in [0.2, 0.25) is 10.0 Å². The van der Waals surface area contributed by atoms with Crippen LogP contribution in [0.15, 0.2) is 30.3 Å². The van der Waals surface area contributed by atoms with Gasteiger partial charge in [0.15, 0.2) is 0 Å². The van der Waals surface area contributed by atoms with E-state index in [1.165, 1.54) is 7.11 Å². The van der Waals surface area contributed by atoms with Crippen molar-refractivity contribution in [2.24, 2.45) is 0 Å². The second-order valence-electron chi connectivity index (χ2n) is 4.39. The molecule has 0 spiro atoms. The molecule has 0 aliphatic carbocycles. The van der Waals surface area contributed by atoms with Gasteiger partial charge in [-0.1, -0.05) is 23.2 Å². The monoisotopic (exact) mass is 331 g/mol. The molecule has 0 saturated heterocycles. The molecule has 1 unspecified atom stereocenters. The van der Waals surface area contributed by atoms with Crippen molar-refractivity contribution in [2.75, 3.05) is 14.2 Å². The Hall–Kier alpha value is -1.36. The minimum absolute atomic E-state index is 0.112.